The molecule has 0 aliphatic carbocycles. The Kier molecular flexibility index (Phi) is 5.97. The van der Waals surface area contributed by atoms with Crippen LogP contribution in [-0.4, -0.2) is 8.42 Å². The number of benzene rings is 2. The van der Waals surface area contributed by atoms with Gasteiger partial charge in [-0.05, 0) is 62.1 Å². The first-order valence-corrected chi connectivity index (χ1v) is 10.0. The summed E-state index contributed by atoms with van der Waals surface area (Å²) in [6, 6.07) is 8.72. The van der Waals surface area contributed by atoms with Crippen LogP contribution in [-0.2, 0) is 15.8 Å². The van der Waals surface area contributed by atoms with Gasteiger partial charge in [-0.3, -0.25) is 0 Å². The van der Waals surface area contributed by atoms with Crippen LogP contribution in [0, 0.1) is 20.8 Å². The lowest BCUT2D eigenvalue weighted by molar-refractivity contribution is 0.565. The molecule has 0 aliphatic rings. The maximum atomic E-state index is 12.5. The first-order chi connectivity index (χ1) is 11.1. The average molecular weight is 386 g/mol. The van der Waals surface area contributed by atoms with E-state index < -0.39 is 10.0 Å². The number of halogens is 2. The second-order valence-corrected chi connectivity index (χ2v) is 8.66. The zero-order valence-electron chi connectivity index (χ0n) is 14.2. The molecule has 2 rings (SSSR count). The number of rotatable bonds is 5. The molecule has 1 atom stereocenters. The van der Waals surface area contributed by atoms with E-state index in [-0.39, 0.29) is 11.8 Å². The summed E-state index contributed by atoms with van der Waals surface area (Å²) in [7, 11) is -3.59. The predicted molar refractivity (Wildman–Crippen MR) is 101 cm³/mol. The third-order valence-corrected chi connectivity index (χ3v) is 6.19. The Morgan fingerprint density at radius 3 is 2.12 bits per heavy atom. The minimum atomic E-state index is -3.59. The second-order valence-electron chi connectivity index (χ2n) is 6.09. The van der Waals surface area contributed by atoms with Crippen LogP contribution in [0.3, 0.4) is 0 Å². The molecule has 2 aromatic rings. The Morgan fingerprint density at radius 2 is 1.54 bits per heavy atom. The van der Waals surface area contributed by atoms with Crippen molar-refractivity contribution in [1.82, 2.24) is 4.72 Å². The van der Waals surface area contributed by atoms with Crippen molar-refractivity contribution < 1.29 is 8.42 Å². The van der Waals surface area contributed by atoms with Gasteiger partial charge in [0.2, 0.25) is 10.0 Å². The highest BCUT2D eigenvalue weighted by atomic mass is 35.5. The molecule has 0 unspecified atom stereocenters. The van der Waals surface area contributed by atoms with Gasteiger partial charge < -0.3 is 0 Å². The van der Waals surface area contributed by atoms with Crippen molar-refractivity contribution in [3.63, 3.8) is 0 Å². The van der Waals surface area contributed by atoms with E-state index >= 15 is 0 Å². The molecular formula is C18H21Cl2NO2S. The summed E-state index contributed by atoms with van der Waals surface area (Å²) >= 11 is 12.2. The SMILES string of the molecule is Cc1cc(C)c([C@H](C)NS(=O)(=O)Cc2c(Cl)cccc2Cl)cc1C. The molecule has 0 aromatic heterocycles. The molecule has 3 nitrogen and oxygen atoms in total. The van der Waals surface area contributed by atoms with Crippen LogP contribution in [0.15, 0.2) is 30.3 Å². The molecule has 0 amide bonds. The Bertz CT molecular complexity index is 843. The smallest absolute Gasteiger partial charge is 0.212 e. The maximum absolute atomic E-state index is 12.5. The van der Waals surface area contributed by atoms with E-state index in [1.807, 2.05) is 33.8 Å². The first-order valence-electron chi connectivity index (χ1n) is 7.61. The molecule has 130 valence electrons. The second kappa shape index (κ2) is 7.44. The number of sulfonamides is 1. The number of aryl methyl sites for hydroxylation is 3. The molecule has 0 fully saturated rings. The van der Waals surface area contributed by atoms with E-state index in [0.717, 1.165) is 16.7 Å². The van der Waals surface area contributed by atoms with Crippen LogP contribution in [0.4, 0.5) is 0 Å². The molecule has 2 aromatic carbocycles. The van der Waals surface area contributed by atoms with Gasteiger partial charge in [-0.1, -0.05) is 41.4 Å². The Morgan fingerprint density at radius 1 is 1.00 bits per heavy atom. The zero-order chi connectivity index (χ0) is 18.1. The van der Waals surface area contributed by atoms with E-state index in [9.17, 15) is 8.42 Å². The summed E-state index contributed by atoms with van der Waals surface area (Å²) in [5.41, 5.74) is 4.76. The van der Waals surface area contributed by atoms with Gasteiger partial charge >= 0.3 is 0 Å². The highest BCUT2D eigenvalue weighted by Crippen LogP contribution is 2.27. The van der Waals surface area contributed by atoms with E-state index in [0.29, 0.717) is 15.6 Å². The quantitative estimate of drug-likeness (QED) is 0.777. The van der Waals surface area contributed by atoms with Gasteiger partial charge in [-0.2, -0.15) is 0 Å². The van der Waals surface area contributed by atoms with Gasteiger partial charge in [0.25, 0.3) is 0 Å². The summed E-state index contributed by atoms with van der Waals surface area (Å²) in [6.45, 7) is 7.88. The van der Waals surface area contributed by atoms with Crippen molar-refractivity contribution in [3.05, 3.63) is 68.2 Å². The van der Waals surface area contributed by atoms with Crippen LogP contribution < -0.4 is 4.72 Å². The Balaban J connectivity index is 2.25. The number of nitrogens with one attached hydrogen (secondary N) is 1. The average Bonchev–Trinajstić information content (AvgIpc) is 2.46. The fraction of sp³-hybridized carbons (Fsp3) is 0.333. The molecule has 1 N–H and O–H groups in total. The Hall–Kier alpha value is -1.07. The zero-order valence-corrected chi connectivity index (χ0v) is 16.5. The normalized spacial score (nSPS) is 13.1. The third kappa shape index (κ3) is 4.51. The van der Waals surface area contributed by atoms with E-state index in [1.54, 1.807) is 18.2 Å². The minimum Gasteiger partial charge on any atom is -0.212 e. The molecule has 0 aliphatic heterocycles. The fourth-order valence-electron chi connectivity index (χ4n) is 2.68. The van der Waals surface area contributed by atoms with Gasteiger partial charge in [0, 0.05) is 21.7 Å². The molecule has 0 radical (unpaired) electrons. The van der Waals surface area contributed by atoms with E-state index in [4.69, 9.17) is 23.2 Å². The van der Waals surface area contributed by atoms with Crippen molar-refractivity contribution in [2.45, 2.75) is 39.5 Å². The number of hydrogen-bond acceptors (Lipinski definition) is 2. The van der Waals surface area contributed by atoms with Gasteiger partial charge in [0.15, 0.2) is 0 Å². The largest absolute Gasteiger partial charge is 0.216 e. The Labute approximate surface area is 154 Å². The highest BCUT2D eigenvalue weighted by molar-refractivity contribution is 7.88. The number of hydrogen-bond donors (Lipinski definition) is 1. The molecule has 0 bridgehead atoms. The molecule has 0 heterocycles. The topological polar surface area (TPSA) is 46.2 Å². The first kappa shape index (κ1) is 19.3. The third-order valence-electron chi connectivity index (χ3n) is 4.10. The van der Waals surface area contributed by atoms with Crippen LogP contribution in [0.2, 0.25) is 10.0 Å². The van der Waals surface area contributed by atoms with Gasteiger partial charge in [0.05, 0.1) is 5.75 Å². The predicted octanol–water partition coefficient (Wildman–Crippen LogP) is 5.10. The monoisotopic (exact) mass is 385 g/mol. The summed E-state index contributed by atoms with van der Waals surface area (Å²) in [6.07, 6.45) is 0. The molecule has 0 saturated heterocycles. The van der Waals surface area contributed by atoms with Crippen molar-refractivity contribution in [3.8, 4) is 0 Å². The summed E-state index contributed by atoms with van der Waals surface area (Å²) in [5, 5.41) is 0.700. The molecule has 6 heteroatoms. The van der Waals surface area contributed by atoms with Crippen LogP contribution in [0.1, 0.15) is 40.8 Å². The van der Waals surface area contributed by atoms with Crippen molar-refractivity contribution in [1.29, 1.82) is 0 Å². The standard InChI is InChI=1S/C18H21Cl2NO2S/c1-11-8-13(3)15(9-12(11)2)14(4)21-24(22,23)10-16-17(19)6-5-7-18(16)20/h5-9,14,21H,10H2,1-4H3/t14-/m0/s1. The molecular weight excluding hydrogens is 365 g/mol. The van der Waals surface area contributed by atoms with Crippen LogP contribution >= 0.6 is 23.2 Å². The molecule has 24 heavy (non-hydrogen) atoms. The van der Waals surface area contributed by atoms with Gasteiger partial charge in [-0.25, -0.2) is 13.1 Å². The van der Waals surface area contributed by atoms with Gasteiger partial charge in [0.1, 0.15) is 0 Å². The maximum Gasteiger partial charge on any atom is 0.216 e. The minimum absolute atomic E-state index is 0.250. The van der Waals surface area contributed by atoms with Crippen molar-refractivity contribution in [2.75, 3.05) is 0 Å². The fourth-order valence-corrected chi connectivity index (χ4v) is 4.81. The van der Waals surface area contributed by atoms with Crippen LogP contribution in [0.5, 0.6) is 0 Å². The van der Waals surface area contributed by atoms with E-state index in [1.165, 1.54) is 5.56 Å². The summed E-state index contributed by atoms with van der Waals surface area (Å²) in [4.78, 5) is 0. The van der Waals surface area contributed by atoms with Crippen LogP contribution in [0.25, 0.3) is 0 Å². The highest BCUT2D eigenvalue weighted by Gasteiger charge is 2.21. The lowest BCUT2D eigenvalue weighted by atomic mass is 9.97. The summed E-state index contributed by atoms with van der Waals surface area (Å²) < 4.78 is 27.8. The van der Waals surface area contributed by atoms with Crippen molar-refractivity contribution >= 4 is 33.2 Å². The lowest BCUT2D eigenvalue weighted by Crippen LogP contribution is -2.28. The molecule has 0 saturated carbocycles. The molecule has 0 spiro atoms. The van der Waals surface area contributed by atoms with E-state index in [2.05, 4.69) is 10.8 Å². The lowest BCUT2D eigenvalue weighted by Gasteiger charge is -2.19. The van der Waals surface area contributed by atoms with Gasteiger partial charge in [-0.15, -0.1) is 0 Å². The van der Waals surface area contributed by atoms with Crippen molar-refractivity contribution in [2.24, 2.45) is 0 Å². The summed E-state index contributed by atoms with van der Waals surface area (Å²) in [5.74, 6) is -0.250.